The molecular weight excluding hydrogens is 339 g/mol. The number of ether oxygens (including phenoxy) is 2. The summed E-state index contributed by atoms with van der Waals surface area (Å²) >= 11 is 0. The Labute approximate surface area is 148 Å². The summed E-state index contributed by atoms with van der Waals surface area (Å²) in [6, 6.07) is 3.14. The third kappa shape index (κ3) is 2.15. The van der Waals surface area contributed by atoms with E-state index < -0.39 is 22.6 Å². The number of esters is 1. The summed E-state index contributed by atoms with van der Waals surface area (Å²) in [5.74, 6) is -1.14. The normalized spacial score (nSPS) is 19.5. The molecule has 0 spiro atoms. The highest BCUT2D eigenvalue weighted by Crippen LogP contribution is 2.54. The van der Waals surface area contributed by atoms with Crippen molar-refractivity contribution in [1.29, 1.82) is 5.26 Å². The van der Waals surface area contributed by atoms with Crippen LogP contribution in [0, 0.1) is 17.1 Å². The number of pyridine rings is 1. The largest absolute Gasteiger partial charge is 0.489 e. The van der Waals surface area contributed by atoms with Crippen LogP contribution in [0.15, 0.2) is 17.1 Å². The van der Waals surface area contributed by atoms with Gasteiger partial charge in [-0.25, -0.2) is 9.18 Å². The van der Waals surface area contributed by atoms with Crippen molar-refractivity contribution < 1.29 is 18.7 Å². The van der Waals surface area contributed by atoms with Gasteiger partial charge in [0.2, 0.25) is 5.43 Å². The van der Waals surface area contributed by atoms with Crippen LogP contribution in [0.25, 0.3) is 10.9 Å². The fraction of sp³-hybridized carbons (Fsp3) is 0.421. The lowest BCUT2D eigenvalue weighted by atomic mass is 9.93. The first kappa shape index (κ1) is 16.6. The van der Waals surface area contributed by atoms with Gasteiger partial charge in [0.15, 0.2) is 5.75 Å². The first-order valence-corrected chi connectivity index (χ1v) is 8.56. The average molecular weight is 356 g/mol. The van der Waals surface area contributed by atoms with E-state index in [9.17, 15) is 19.2 Å². The SMILES string of the molecule is CCOC(=O)c1cn2c3c(c(C4(C#N)CC4)c(F)cc3c1=O)OC[C@@H]2C. The van der Waals surface area contributed by atoms with Gasteiger partial charge in [0.25, 0.3) is 0 Å². The van der Waals surface area contributed by atoms with E-state index in [-0.39, 0.29) is 41.5 Å². The molecule has 2 heterocycles. The quantitative estimate of drug-likeness (QED) is 0.790. The second kappa shape index (κ2) is 5.56. The van der Waals surface area contributed by atoms with E-state index in [1.807, 2.05) is 6.92 Å². The molecule has 0 unspecified atom stereocenters. The number of rotatable bonds is 3. The Morgan fingerprint density at radius 1 is 1.54 bits per heavy atom. The molecule has 134 valence electrons. The lowest BCUT2D eigenvalue weighted by molar-refractivity contribution is 0.0523. The molecule has 1 atom stereocenters. The van der Waals surface area contributed by atoms with Crippen molar-refractivity contribution in [3.63, 3.8) is 0 Å². The molecule has 1 saturated carbocycles. The molecule has 0 N–H and O–H groups in total. The molecule has 0 amide bonds. The van der Waals surface area contributed by atoms with Crippen LogP contribution in [0.5, 0.6) is 5.75 Å². The molecule has 0 bridgehead atoms. The highest BCUT2D eigenvalue weighted by Gasteiger charge is 2.50. The smallest absolute Gasteiger partial charge is 0.343 e. The Balaban J connectivity index is 2.09. The van der Waals surface area contributed by atoms with Gasteiger partial charge in [0.1, 0.15) is 18.0 Å². The van der Waals surface area contributed by atoms with Gasteiger partial charge in [0, 0.05) is 6.20 Å². The average Bonchev–Trinajstić information content (AvgIpc) is 3.40. The van der Waals surface area contributed by atoms with Crippen molar-refractivity contribution >= 4 is 16.9 Å². The number of benzene rings is 1. The fourth-order valence-corrected chi connectivity index (χ4v) is 3.57. The van der Waals surface area contributed by atoms with Crippen LogP contribution in [0.3, 0.4) is 0 Å². The second-order valence-corrected chi connectivity index (χ2v) is 6.81. The monoisotopic (exact) mass is 356 g/mol. The van der Waals surface area contributed by atoms with E-state index >= 15 is 0 Å². The van der Waals surface area contributed by atoms with Gasteiger partial charge in [0.05, 0.1) is 40.6 Å². The molecule has 1 fully saturated rings. The highest BCUT2D eigenvalue weighted by molar-refractivity contribution is 5.96. The van der Waals surface area contributed by atoms with E-state index in [1.54, 1.807) is 11.5 Å². The predicted molar refractivity (Wildman–Crippen MR) is 90.9 cm³/mol. The van der Waals surface area contributed by atoms with Crippen molar-refractivity contribution in [3.8, 4) is 11.8 Å². The van der Waals surface area contributed by atoms with Crippen LogP contribution < -0.4 is 10.2 Å². The minimum atomic E-state index is -0.894. The van der Waals surface area contributed by atoms with Crippen LogP contribution in [0.1, 0.15) is 48.7 Å². The zero-order valence-electron chi connectivity index (χ0n) is 14.5. The minimum Gasteiger partial charge on any atom is -0.489 e. The number of carbonyl (C=O) groups is 1. The van der Waals surface area contributed by atoms with Gasteiger partial charge in [-0.05, 0) is 32.8 Å². The van der Waals surface area contributed by atoms with E-state index in [1.165, 1.54) is 6.20 Å². The number of nitrogens with zero attached hydrogens (tertiary/aromatic N) is 2. The van der Waals surface area contributed by atoms with E-state index in [0.29, 0.717) is 18.4 Å². The molecule has 1 aliphatic carbocycles. The Morgan fingerprint density at radius 2 is 2.27 bits per heavy atom. The van der Waals surface area contributed by atoms with Crippen molar-refractivity contribution in [2.24, 2.45) is 0 Å². The maximum absolute atomic E-state index is 14.9. The van der Waals surface area contributed by atoms with Crippen molar-refractivity contribution in [2.75, 3.05) is 13.2 Å². The first-order chi connectivity index (χ1) is 12.4. The van der Waals surface area contributed by atoms with Crippen molar-refractivity contribution in [2.45, 2.75) is 38.1 Å². The minimum absolute atomic E-state index is 0.0621. The second-order valence-electron chi connectivity index (χ2n) is 6.81. The third-order valence-corrected chi connectivity index (χ3v) is 5.10. The molecule has 7 heteroatoms. The molecule has 26 heavy (non-hydrogen) atoms. The fourth-order valence-electron chi connectivity index (χ4n) is 3.57. The molecule has 2 aliphatic rings. The Bertz CT molecular complexity index is 1050. The number of carbonyl (C=O) groups excluding carboxylic acids is 1. The Morgan fingerprint density at radius 3 is 2.88 bits per heavy atom. The van der Waals surface area contributed by atoms with Crippen LogP contribution in [0.2, 0.25) is 0 Å². The number of hydrogen-bond donors (Lipinski definition) is 0. The van der Waals surface area contributed by atoms with Crippen molar-refractivity contribution in [3.05, 3.63) is 39.4 Å². The highest BCUT2D eigenvalue weighted by atomic mass is 19.1. The standard InChI is InChI=1S/C19H17FN2O4/c1-3-25-18(24)12-7-22-10(2)8-26-17-14(19(9-21)4-5-19)13(20)6-11(15(17)22)16(12)23/h6-7,10H,3-5,8H2,1-2H3/t10-/m0/s1. The summed E-state index contributed by atoms with van der Waals surface area (Å²) < 4.78 is 27.4. The maximum atomic E-state index is 14.9. The summed E-state index contributed by atoms with van der Waals surface area (Å²) in [5.41, 5.74) is -0.973. The van der Waals surface area contributed by atoms with Crippen LogP contribution in [-0.4, -0.2) is 23.8 Å². The summed E-state index contributed by atoms with van der Waals surface area (Å²) in [7, 11) is 0. The number of hydrogen-bond acceptors (Lipinski definition) is 5. The van der Waals surface area contributed by atoms with Crippen LogP contribution >= 0.6 is 0 Å². The molecule has 1 aromatic carbocycles. The number of halogens is 1. The van der Waals surface area contributed by atoms with E-state index in [2.05, 4.69) is 6.07 Å². The van der Waals surface area contributed by atoms with Gasteiger partial charge in [-0.1, -0.05) is 0 Å². The van der Waals surface area contributed by atoms with E-state index in [0.717, 1.165) is 6.07 Å². The topological polar surface area (TPSA) is 81.3 Å². The van der Waals surface area contributed by atoms with Gasteiger partial charge in [-0.15, -0.1) is 0 Å². The summed E-state index contributed by atoms with van der Waals surface area (Å²) in [4.78, 5) is 24.9. The van der Waals surface area contributed by atoms with E-state index in [4.69, 9.17) is 9.47 Å². The molecule has 0 radical (unpaired) electrons. The lowest BCUT2D eigenvalue weighted by Crippen LogP contribution is -2.28. The zero-order valence-corrected chi connectivity index (χ0v) is 14.5. The van der Waals surface area contributed by atoms with Crippen molar-refractivity contribution in [1.82, 2.24) is 4.57 Å². The predicted octanol–water partition coefficient (Wildman–Crippen LogP) is 2.83. The lowest BCUT2D eigenvalue weighted by Gasteiger charge is -2.29. The zero-order chi connectivity index (χ0) is 18.6. The molecular formula is C19H17FN2O4. The van der Waals surface area contributed by atoms with Gasteiger partial charge >= 0.3 is 5.97 Å². The van der Waals surface area contributed by atoms with Crippen LogP contribution in [0.4, 0.5) is 4.39 Å². The molecule has 1 aromatic heterocycles. The number of aromatic nitrogens is 1. The summed E-state index contributed by atoms with van der Waals surface area (Å²) in [6.45, 7) is 3.92. The molecule has 0 saturated heterocycles. The van der Waals surface area contributed by atoms with Gasteiger partial charge in [-0.3, -0.25) is 4.79 Å². The van der Waals surface area contributed by atoms with Crippen LogP contribution in [-0.2, 0) is 10.2 Å². The van der Waals surface area contributed by atoms with Gasteiger partial charge in [-0.2, -0.15) is 5.26 Å². The third-order valence-electron chi connectivity index (χ3n) is 5.10. The Hall–Kier alpha value is -2.88. The number of nitriles is 1. The molecule has 2 aromatic rings. The van der Waals surface area contributed by atoms with Gasteiger partial charge < -0.3 is 14.0 Å². The molecule has 1 aliphatic heterocycles. The maximum Gasteiger partial charge on any atom is 0.343 e. The Kier molecular flexibility index (Phi) is 3.55. The first-order valence-electron chi connectivity index (χ1n) is 8.56. The molecule has 6 nitrogen and oxygen atoms in total. The summed E-state index contributed by atoms with van der Waals surface area (Å²) in [5, 5.41) is 9.56. The summed E-state index contributed by atoms with van der Waals surface area (Å²) in [6.07, 6.45) is 2.57. The molecule has 4 rings (SSSR count).